The van der Waals surface area contributed by atoms with Crippen molar-refractivity contribution in [3.05, 3.63) is 35.9 Å². The highest BCUT2D eigenvalue weighted by molar-refractivity contribution is 5.13. The molecule has 4 heteroatoms. The second kappa shape index (κ2) is 23.1. The van der Waals surface area contributed by atoms with E-state index in [4.69, 9.17) is 18.9 Å². The van der Waals surface area contributed by atoms with Gasteiger partial charge in [0.1, 0.15) is 0 Å². The predicted octanol–water partition coefficient (Wildman–Crippen LogP) is 5.64. The topological polar surface area (TPSA) is 36.9 Å². The number of hydrogen-bond acceptors (Lipinski definition) is 4. The van der Waals surface area contributed by atoms with E-state index in [2.05, 4.69) is 19.1 Å². The molecule has 158 valence electrons. The second-order valence-electron chi connectivity index (χ2n) is 6.14. The van der Waals surface area contributed by atoms with E-state index in [0.29, 0.717) is 46.2 Å². The van der Waals surface area contributed by atoms with Gasteiger partial charge in [-0.3, -0.25) is 0 Å². The molecule has 0 unspecified atom stereocenters. The summed E-state index contributed by atoms with van der Waals surface area (Å²) in [5, 5.41) is 0. The molecule has 0 heterocycles. The Bertz CT molecular complexity index is 370. The van der Waals surface area contributed by atoms with Gasteiger partial charge in [-0.15, -0.1) is 0 Å². The third-order valence-electron chi connectivity index (χ3n) is 3.87. The van der Waals surface area contributed by atoms with E-state index >= 15 is 0 Å². The van der Waals surface area contributed by atoms with E-state index in [1.54, 1.807) is 0 Å². The van der Waals surface area contributed by atoms with Crippen molar-refractivity contribution in [1.82, 2.24) is 0 Å². The van der Waals surface area contributed by atoms with Crippen LogP contribution in [-0.2, 0) is 25.6 Å². The Morgan fingerprint density at radius 1 is 0.556 bits per heavy atom. The third-order valence-corrected chi connectivity index (χ3v) is 3.87. The van der Waals surface area contributed by atoms with Crippen molar-refractivity contribution in [3.8, 4) is 0 Å². The Kier molecular flexibility index (Phi) is 22.3. The highest BCUT2D eigenvalue weighted by Crippen LogP contribution is 2.04. The summed E-state index contributed by atoms with van der Waals surface area (Å²) >= 11 is 0. The Balaban J connectivity index is 0.00000326. The van der Waals surface area contributed by atoms with Crippen LogP contribution in [-0.4, -0.2) is 46.2 Å². The molecule has 0 aliphatic rings. The van der Waals surface area contributed by atoms with Crippen LogP contribution in [0.25, 0.3) is 0 Å². The fourth-order valence-corrected chi connectivity index (χ4v) is 2.41. The molecule has 1 rings (SSSR count). The maximum atomic E-state index is 5.56. The lowest BCUT2D eigenvalue weighted by Crippen LogP contribution is -2.12. The lowest BCUT2D eigenvalue weighted by atomic mass is 10.1. The molecule has 1 aromatic rings. The van der Waals surface area contributed by atoms with Gasteiger partial charge in [0.05, 0.1) is 46.2 Å². The average molecular weight is 383 g/mol. The lowest BCUT2D eigenvalue weighted by Gasteiger charge is -2.07. The lowest BCUT2D eigenvalue weighted by molar-refractivity contribution is -0.00440. The van der Waals surface area contributed by atoms with Crippen LogP contribution in [0.15, 0.2) is 30.3 Å². The smallest absolute Gasteiger partial charge is 0.0718 e. The zero-order valence-corrected chi connectivity index (χ0v) is 17.9. The minimum Gasteiger partial charge on any atom is -0.379 e. The van der Waals surface area contributed by atoms with Gasteiger partial charge < -0.3 is 18.9 Å². The van der Waals surface area contributed by atoms with Crippen molar-refractivity contribution in [2.45, 2.75) is 65.9 Å². The van der Waals surface area contributed by atoms with E-state index < -0.39 is 0 Å². The normalized spacial score (nSPS) is 10.5. The van der Waals surface area contributed by atoms with Crippen molar-refractivity contribution >= 4 is 0 Å². The number of hydrogen-bond donors (Lipinski definition) is 0. The molecule has 0 radical (unpaired) electrons. The Morgan fingerprint density at radius 2 is 1.04 bits per heavy atom. The fraction of sp³-hybridized carbons (Fsp3) is 0.739. The summed E-state index contributed by atoms with van der Waals surface area (Å²) < 4.78 is 22.1. The summed E-state index contributed by atoms with van der Waals surface area (Å²) in [7, 11) is 0. The van der Waals surface area contributed by atoms with E-state index in [1.807, 2.05) is 32.0 Å². The number of ether oxygens (including phenoxy) is 4. The molecule has 0 atom stereocenters. The molecule has 1 aromatic carbocycles. The first-order valence-electron chi connectivity index (χ1n) is 10.8. The standard InChI is InChI=1S/C21H36O4.C2H6/c1-2-3-4-5-6-10-13-22-14-15-23-16-17-24-18-19-25-20-21-11-8-7-9-12-21;1-2/h7-9,11-12H,2-6,10,13-20H2,1H3;1-2H3. The van der Waals surface area contributed by atoms with E-state index in [-0.39, 0.29) is 0 Å². The van der Waals surface area contributed by atoms with Gasteiger partial charge in [0, 0.05) is 6.61 Å². The molecule has 0 N–H and O–H groups in total. The van der Waals surface area contributed by atoms with E-state index in [1.165, 1.54) is 37.7 Å². The quantitative estimate of drug-likeness (QED) is 0.308. The van der Waals surface area contributed by atoms with Gasteiger partial charge in [-0.25, -0.2) is 0 Å². The fourth-order valence-electron chi connectivity index (χ4n) is 2.41. The zero-order chi connectivity index (χ0) is 19.8. The molecule has 0 aromatic heterocycles. The molecule has 0 amide bonds. The summed E-state index contributed by atoms with van der Waals surface area (Å²) in [5.41, 5.74) is 1.19. The first-order valence-corrected chi connectivity index (χ1v) is 10.8. The Labute approximate surface area is 167 Å². The third kappa shape index (κ3) is 19.6. The van der Waals surface area contributed by atoms with Crippen LogP contribution in [0.2, 0.25) is 0 Å². The minimum atomic E-state index is 0.602. The molecule has 0 saturated heterocycles. The molecular weight excluding hydrogens is 340 g/mol. The summed E-state index contributed by atoms with van der Waals surface area (Å²) in [6, 6.07) is 10.2. The molecule has 0 fully saturated rings. The SMILES string of the molecule is CC.CCCCCCCCOCCOCCOCCOCc1ccccc1. The molecular formula is C23H42O4. The summed E-state index contributed by atoms with van der Waals surface area (Å²) in [6.45, 7) is 11.5. The predicted molar refractivity (Wildman–Crippen MR) is 113 cm³/mol. The number of rotatable bonds is 18. The van der Waals surface area contributed by atoms with Gasteiger partial charge in [-0.2, -0.15) is 0 Å². The van der Waals surface area contributed by atoms with Gasteiger partial charge in [0.25, 0.3) is 0 Å². The average Bonchev–Trinajstić information content (AvgIpc) is 2.72. The molecule has 0 bridgehead atoms. The van der Waals surface area contributed by atoms with Crippen LogP contribution < -0.4 is 0 Å². The van der Waals surface area contributed by atoms with Gasteiger partial charge in [-0.1, -0.05) is 83.2 Å². The van der Waals surface area contributed by atoms with Crippen LogP contribution in [0.5, 0.6) is 0 Å². The van der Waals surface area contributed by atoms with Crippen molar-refractivity contribution in [2.75, 3.05) is 46.2 Å². The van der Waals surface area contributed by atoms with Crippen molar-refractivity contribution in [2.24, 2.45) is 0 Å². The molecule has 4 nitrogen and oxygen atoms in total. The van der Waals surface area contributed by atoms with Crippen LogP contribution >= 0.6 is 0 Å². The maximum absolute atomic E-state index is 5.56. The summed E-state index contributed by atoms with van der Waals surface area (Å²) in [6.07, 6.45) is 7.79. The monoisotopic (exact) mass is 382 g/mol. The van der Waals surface area contributed by atoms with Crippen molar-refractivity contribution in [1.29, 1.82) is 0 Å². The number of benzene rings is 1. The molecule has 0 spiro atoms. The van der Waals surface area contributed by atoms with Gasteiger partial charge in [0.2, 0.25) is 0 Å². The van der Waals surface area contributed by atoms with E-state index in [9.17, 15) is 0 Å². The van der Waals surface area contributed by atoms with E-state index in [0.717, 1.165) is 13.0 Å². The van der Waals surface area contributed by atoms with Gasteiger partial charge in [0.15, 0.2) is 0 Å². The first-order chi connectivity index (χ1) is 13.4. The Hall–Kier alpha value is -0.940. The highest BCUT2D eigenvalue weighted by Gasteiger charge is 1.94. The molecule has 27 heavy (non-hydrogen) atoms. The van der Waals surface area contributed by atoms with Crippen LogP contribution in [0, 0.1) is 0 Å². The summed E-state index contributed by atoms with van der Waals surface area (Å²) in [4.78, 5) is 0. The Morgan fingerprint density at radius 3 is 1.63 bits per heavy atom. The minimum absolute atomic E-state index is 0.602. The number of unbranched alkanes of at least 4 members (excludes halogenated alkanes) is 5. The second-order valence-corrected chi connectivity index (χ2v) is 6.14. The summed E-state index contributed by atoms with van der Waals surface area (Å²) in [5.74, 6) is 0. The van der Waals surface area contributed by atoms with Crippen LogP contribution in [0.1, 0.15) is 64.9 Å². The molecule has 0 saturated carbocycles. The maximum Gasteiger partial charge on any atom is 0.0718 e. The van der Waals surface area contributed by atoms with Gasteiger partial charge >= 0.3 is 0 Å². The molecule has 0 aliphatic heterocycles. The van der Waals surface area contributed by atoms with Crippen molar-refractivity contribution < 1.29 is 18.9 Å². The van der Waals surface area contributed by atoms with Crippen LogP contribution in [0.4, 0.5) is 0 Å². The van der Waals surface area contributed by atoms with Crippen LogP contribution in [0.3, 0.4) is 0 Å². The molecule has 0 aliphatic carbocycles. The highest BCUT2D eigenvalue weighted by atomic mass is 16.6. The first kappa shape index (κ1) is 26.1. The zero-order valence-electron chi connectivity index (χ0n) is 17.9. The largest absolute Gasteiger partial charge is 0.379 e. The van der Waals surface area contributed by atoms with Crippen molar-refractivity contribution in [3.63, 3.8) is 0 Å². The van der Waals surface area contributed by atoms with Gasteiger partial charge in [-0.05, 0) is 12.0 Å².